The Labute approximate surface area is 129 Å². The van der Waals surface area contributed by atoms with Gasteiger partial charge in [-0.05, 0) is 61.9 Å². The predicted molar refractivity (Wildman–Crippen MR) is 88.4 cm³/mol. The second kappa shape index (κ2) is 7.81. The molecule has 1 aliphatic heterocycles. The topological polar surface area (TPSA) is 38.5 Å². The molecular weight excluding hydrogens is 260 g/mol. The van der Waals surface area contributed by atoms with Crippen molar-refractivity contribution in [1.29, 1.82) is 0 Å². The van der Waals surface area contributed by atoms with Crippen molar-refractivity contribution in [3.63, 3.8) is 0 Å². The zero-order valence-electron chi connectivity index (χ0n) is 13.7. The van der Waals surface area contributed by atoms with Gasteiger partial charge < -0.3 is 10.5 Å². The molecule has 0 aromatic heterocycles. The van der Waals surface area contributed by atoms with E-state index in [1.165, 1.54) is 37.9 Å². The summed E-state index contributed by atoms with van der Waals surface area (Å²) >= 11 is 0. The molecule has 0 spiro atoms. The second-order valence-electron chi connectivity index (χ2n) is 6.71. The molecule has 1 aliphatic rings. The van der Waals surface area contributed by atoms with E-state index in [0.717, 1.165) is 18.2 Å². The molecule has 1 saturated heterocycles. The van der Waals surface area contributed by atoms with Crippen LogP contribution in [-0.2, 0) is 6.54 Å². The lowest BCUT2D eigenvalue weighted by Gasteiger charge is -2.33. The monoisotopic (exact) mass is 290 g/mol. The summed E-state index contributed by atoms with van der Waals surface area (Å²) in [6, 6.07) is 8.79. The summed E-state index contributed by atoms with van der Waals surface area (Å²) in [6.07, 6.45) is 3.77. The molecule has 0 radical (unpaired) electrons. The minimum Gasteiger partial charge on any atom is -0.497 e. The number of hydrogen-bond acceptors (Lipinski definition) is 3. The van der Waals surface area contributed by atoms with Gasteiger partial charge in [-0.15, -0.1) is 0 Å². The van der Waals surface area contributed by atoms with E-state index in [1.54, 1.807) is 7.11 Å². The predicted octanol–water partition coefficient (Wildman–Crippen LogP) is 3.28. The first-order chi connectivity index (χ1) is 10.1. The fraction of sp³-hybridized carbons (Fsp3) is 0.667. The molecule has 1 unspecified atom stereocenters. The number of benzene rings is 1. The van der Waals surface area contributed by atoms with Crippen molar-refractivity contribution in [3.05, 3.63) is 29.8 Å². The van der Waals surface area contributed by atoms with E-state index in [1.807, 2.05) is 12.1 Å². The van der Waals surface area contributed by atoms with Gasteiger partial charge in [0, 0.05) is 12.6 Å². The number of ether oxygens (including phenoxy) is 1. The third kappa shape index (κ3) is 5.01. The van der Waals surface area contributed by atoms with E-state index in [2.05, 4.69) is 30.9 Å². The van der Waals surface area contributed by atoms with Crippen LogP contribution in [0.15, 0.2) is 24.3 Å². The van der Waals surface area contributed by atoms with Crippen LogP contribution in [0.3, 0.4) is 0 Å². The lowest BCUT2D eigenvalue weighted by molar-refractivity contribution is 0.163. The van der Waals surface area contributed by atoms with Gasteiger partial charge >= 0.3 is 0 Å². The van der Waals surface area contributed by atoms with E-state index in [9.17, 15) is 0 Å². The van der Waals surface area contributed by atoms with Crippen LogP contribution in [0.5, 0.6) is 5.75 Å². The van der Waals surface area contributed by atoms with E-state index in [4.69, 9.17) is 10.5 Å². The Morgan fingerprint density at radius 3 is 2.33 bits per heavy atom. The Kier molecular flexibility index (Phi) is 6.07. The number of nitrogens with two attached hydrogens (primary N) is 1. The summed E-state index contributed by atoms with van der Waals surface area (Å²) in [5, 5.41) is 0. The summed E-state index contributed by atoms with van der Waals surface area (Å²) in [5.41, 5.74) is 7.58. The molecule has 1 fully saturated rings. The molecule has 0 amide bonds. The molecule has 1 heterocycles. The van der Waals surface area contributed by atoms with Gasteiger partial charge in [-0.2, -0.15) is 0 Å². The van der Waals surface area contributed by atoms with Crippen molar-refractivity contribution in [1.82, 2.24) is 4.90 Å². The zero-order chi connectivity index (χ0) is 15.2. The van der Waals surface area contributed by atoms with E-state index < -0.39 is 0 Å². The molecule has 0 saturated carbocycles. The van der Waals surface area contributed by atoms with Crippen molar-refractivity contribution >= 4 is 0 Å². The van der Waals surface area contributed by atoms with Crippen LogP contribution in [0.1, 0.15) is 38.7 Å². The fourth-order valence-corrected chi connectivity index (χ4v) is 3.03. The van der Waals surface area contributed by atoms with Crippen LogP contribution in [0.25, 0.3) is 0 Å². The summed E-state index contributed by atoms with van der Waals surface area (Å²) in [5.74, 6) is 2.34. The second-order valence-corrected chi connectivity index (χ2v) is 6.71. The molecule has 0 aliphatic carbocycles. The van der Waals surface area contributed by atoms with Gasteiger partial charge in [0.25, 0.3) is 0 Å². The average molecular weight is 290 g/mol. The lowest BCUT2D eigenvalue weighted by Crippen LogP contribution is -2.36. The highest BCUT2D eigenvalue weighted by Gasteiger charge is 2.22. The molecule has 0 bridgehead atoms. The Bertz CT molecular complexity index is 408. The van der Waals surface area contributed by atoms with Crippen LogP contribution in [0.2, 0.25) is 0 Å². The zero-order valence-corrected chi connectivity index (χ0v) is 13.7. The highest BCUT2D eigenvalue weighted by molar-refractivity contribution is 5.27. The maximum atomic E-state index is 6.21. The van der Waals surface area contributed by atoms with Crippen LogP contribution >= 0.6 is 0 Å². The molecule has 3 heteroatoms. The van der Waals surface area contributed by atoms with Gasteiger partial charge in [-0.1, -0.05) is 26.0 Å². The Balaban J connectivity index is 1.75. The number of nitrogens with zero attached hydrogens (tertiary/aromatic N) is 1. The van der Waals surface area contributed by atoms with Gasteiger partial charge in [0.05, 0.1) is 7.11 Å². The van der Waals surface area contributed by atoms with Crippen LogP contribution in [0, 0.1) is 11.8 Å². The average Bonchev–Trinajstić information content (AvgIpc) is 2.50. The van der Waals surface area contributed by atoms with Crippen molar-refractivity contribution in [2.24, 2.45) is 17.6 Å². The van der Waals surface area contributed by atoms with Crippen LogP contribution in [0.4, 0.5) is 0 Å². The molecule has 118 valence electrons. The van der Waals surface area contributed by atoms with Crippen molar-refractivity contribution in [3.8, 4) is 5.75 Å². The molecule has 1 aromatic carbocycles. The van der Waals surface area contributed by atoms with Gasteiger partial charge in [0.15, 0.2) is 0 Å². The van der Waals surface area contributed by atoms with Crippen LogP contribution < -0.4 is 10.5 Å². The smallest absolute Gasteiger partial charge is 0.118 e. The fourth-order valence-electron chi connectivity index (χ4n) is 3.03. The van der Waals surface area contributed by atoms with Gasteiger partial charge in [-0.3, -0.25) is 4.90 Å². The molecule has 21 heavy (non-hydrogen) atoms. The van der Waals surface area contributed by atoms with Crippen molar-refractivity contribution in [2.45, 2.75) is 45.7 Å². The highest BCUT2D eigenvalue weighted by Crippen LogP contribution is 2.24. The van der Waals surface area contributed by atoms with Crippen molar-refractivity contribution < 1.29 is 4.74 Å². The number of rotatable bonds is 6. The largest absolute Gasteiger partial charge is 0.497 e. The summed E-state index contributed by atoms with van der Waals surface area (Å²) < 4.78 is 5.20. The third-order valence-corrected chi connectivity index (χ3v) is 4.73. The third-order valence-electron chi connectivity index (χ3n) is 4.73. The highest BCUT2D eigenvalue weighted by atomic mass is 16.5. The number of likely N-dealkylation sites (tertiary alicyclic amines) is 1. The molecule has 2 rings (SSSR count). The van der Waals surface area contributed by atoms with Gasteiger partial charge in [-0.25, -0.2) is 0 Å². The Morgan fingerprint density at radius 2 is 1.81 bits per heavy atom. The minimum absolute atomic E-state index is 0.364. The first kappa shape index (κ1) is 16.3. The molecule has 2 N–H and O–H groups in total. The number of piperidine rings is 1. The summed E-state index contributed by atoms with van der Waals surface area (Å²) in [4.78, 5) is 2.55. The normalized spacial score (nSPS) is 18.9. The van der Waals surface area contributed by atoms with Crippen molar-refractivity contribution in [2.75, 3.05) is 20.2 Å². The van der Waals surface area contributed by atoms with Gasteiger partial charge in [0.1, 0.15) is 5.75 Å². The number of methoxy groups -OCH3 is 1. The SMILES string of the molecule is COc1ccc(CN2CCC(CC(N)C(C)C)CC2)cc1. The minimum atomic E-state index is 0.364. The summed E-state index contributed by atoms with van der Waals surface area (Å²) in [7, 11) is 1.71. The van der Waals surface area contributed by atoms with Crippen LogP contribution in [-0.4, -0.2) is 31.1 Å². The maximum Gasteiger partial charge on any atom is 0.118 e. The summed E-state index contributed by atoms with van der Waals surface area (Å²) in [6.45, 7) is 7.89. The lowest BCUT2D eigenvalue weighted by atomic mass is 9.87. The molecule has 1 atom stereocenters. The standard InChI is InChI=1S/C18H30N2O/c1-14(2)18(19)12-15-8-10-20(11-9-15)13-16-4-6-17(21-3)7-5-16/h4-7,14-15,18H,8-13,19H2,1-3H3. The molecular formula is C18H30N2O. The maximum absolute atomic E-state index is 6.21. The Hall–Kier alpha value is -1.06. The first-order valence-electron chi connectivity index (χ1n) is 8.19. The first-order valence-corrected chi connectivity index (χ1v) is 8.19. The molecule has 1 aromatic rings. The quantitative estimate of drug-likeness (QED) is 0.874. The van der Waals surface area contributed by atoms with E-state index in [-0.39, 0.29) is 0 Å². The van der Waals surface area contributed by atoms with E-state index in [0.29, 0.717) is 12.0 Å². The van der Waals surface area contributed by atoms with Gasteiger partial charge in [0.2, 0.25) is 0 Å². The van der Waals surface area contributed by atoms with E-state index >= 15 is 0 Å². The Morgan fingerprint density at radius 1 is 1.19 bits per heavy atom. The number of hydrogen-bond donors (Lipinski definition) is 1. The molecule has 3 nitrogen and oxygen atoms in total.